The van der Waals surface area contributed by atoms with Gasteiger partial charge >= 0.3 is 5.97 Å². The number of hydrogen-bond acceptors (Lipinski definition) is 6. The molecule has 0 radical (unpaired) electrons. The summed E-state index contributed by atoms with van der Waals surface area (Å²) < 4.78 is 20.3. The van der Waals surface area contributed by atoms with E-state index in [1.165, 1.54) is 28.4 Å². The fraction of sp³-hybridized carbons (Fsp3) is 0.500. The van der Waals surface area contributed by atoms with E-state index in [-0.39, 0.29) is 24.8 Å². The second-order valence-corrected chi connectivity index (χ2v) is 4.62. The van der Waals surface area contributed by atoms with Crippen molar-refractivity contribution in [2.75, 3.05) is 41.5 Å². The van der Waals surface area contributed by atoms with Gasteiger partial charge in [-0.2, -0.15) is 0 Å². The quantitative estimate of drug-likeness (QED) is 0.678. The number of carbonyl (C=O) groups excluding carboxylic acids is 2. The van der Waals surface area contributed by atoms with E-state index in [4.69, 9.17) is 14.2 Å². The van der Waals surface area contributed by atoms with E-state index in [2.05, 4.69) is 4.74 Å². The largest absolute Gasteiger partial charge is 0.493 e. The minimum atomic E-state index is -0.360. The van der Waals surface area contributed by atoms with Crippen LogP contribution in [0.2, 0.25) is 0 Å². The van der Waals surface area contributed by atoms with Crippen LogP contribution in [0, 0.1) is 0 Å². The Morgan fingerprint density at radius 2 is 1.57 bits per heavy atom. The third-order valence-corrected chi connectivity index (χ3v) is 3.39. The molecule has 23 heavy (non-hydrogen) atoms. The predicted molar refractivity (Wildman–Crippen MR) is 84.3 cm³/mol. The van der Waals surface area contributed by atoms with Crippen molar-refractivity contribution >= 4 is 11.9 Å². The lowest BCUT2D eigenvalue weighted by Gasteiger charge is -2.21. The zero-order valence-corrected chi connectivity index (χ0v) is 14.2. The number of hydrogen-bond donors (Lipinski definition) is 0. The monoisotopic (exact) mass is 325 g/mol. The molecule has 0 N–H and O–H groups in total. The van der Waals surface area contributed by atoms with E-state index in [9.17, 15) is 9.59 Å². The normalized spacial score (nSPS) is 9.96. The van der Waals surface area contributed by atoms with E-state index in [0.29, 0.717) is 29.4 Å². The maximum atomic E-state index is 12.6. The van der Waals surface area contributed by atoms with Crippen molar-refractivity contribution in [2.45, 2.75) is 13.3 Å². The zero-order chi connectivity index (χ0) is 17.4. The van der Waals surface area contributed by atoms with Crippen LogP contribution in [-0.4, -0.2) is 58.3 Å². The summed E-state index contributed by atoms with van der Waals surface area (Å²) >= 11 is 0. The molecule has 0 unspecified atom stereocenters. The minimum absolute atomic E-state index is 0.139. The van der Waals surface area contributed by atoms with Gasteiger partial charge in [-0.3, -0.25) is 9.59 Å². The van der Waals surface area contributed by atoms with Crippen LogP contribution in [0.4, 0.5) is 0 Å². The van der Waals surface area contributed by atoms with Crippen LogP contribution < -0.4 is 14.2 Å². The Kier molecular flexibility index (Phi) is 7.18. The zero-order valence-electron chi connectivity index (χ0n) is 14.2. The summed E-state index contributed by atoms with van der Waals surface area (Å²) in [5.41, 5.74) is 0.395. The summed E-state index contributed by atoms with van der Waals surface area (Å²) in [4.78, 5) is 25.4. The Hall–Kier alpha value is -2.44. The fourth-order valence-electron chi connectivity index (χ4n) is 2.12. The third-order valence-electron chi connectivity index (χ3n) is 3.39. The molecule has 0 bridgehead atoms. The van der Waals surface area contributed by atoms with Gasteiger partial charge in [-0.1, -0.05) is 0 Å². The standard InChI is InChI=1S/C16H23NO6/c1-6-17(8-7-14(18)22-4)16(19)11-9-12(20-2)15(23-5)13(10-11)21-3/h9-10H,6-8H2,1-5H3. The summed E-state index contributed by atoms with van der Waals surface area (Å²) in [5, 5.41) is 0. The molecule has 0 atom stereocenters. The molecule has 128 valence electrons. The number of esters is 1. The highest BCUT2D eigenvalue weighted by Crippen LogP contribution is 2.38. The second-order valence-electron chi connectivity index (χ2n) is 4.62. The smallest absolute Gasteiger partial charge is 0.307 e. The topological polar surface area (TPSA) is 74.3 Å². The van der Waals surface area contributed by atoms with Crippen LogP contribution >= 0.6 is 0 Å². The molecule has 0 spiro atoms. The van der Waals surface area contributed by atoms with E-state index < -0.39 is 0 Å². The van der Waals surface area contributed by atoms with Crippen molar-refractivity contribution < 1.29 is 28.5 Å². The molecule has 1 rings (SSSR count). The first-order valence-electron chi connectivity index (χ1n) is 7.18. The first-order chi connectivity index (χ1) is 11.0. The van der Waals surface area contributed by atoms with Crippen LogP contribution in [-0.2, 0) is 9.53 Å². The molecule has 1 amide bonds. The fourth-order valence-corrected chi connectivity index (χ4v) is 2.12. The molecule has 0 saturated heterocycles. The Morgan fingerprint density at radius 3 is 1.96 bits per heavy atom. The van der Waals surface area contributed by atoms with Crippen LogP contribution in [0.3, 0.4) is 0 Å². The van der Waals surface area contributed by atoms with Gasteiger partial charge in [-0.05, 0) is 19.1 Å². The van der Waals surface area contributed by atoms with Gasteiger partial charge in [-0.25, -0.2) is 0 Å². The Labute approximate surface area is 136 Å². The molecule has 0 fully saturated rings. The van der Waals surface area contributed by atoms with Crippen molar-refractivity contribution in [3.63, 3.8) is 0 Å². The highest BCUT2D eigenvalue weighted by molar-refractivity contribution is 5.95. The molecule has 1 aromatic rings. The maximum absolute atomic E-state index is 12.6. The van der Waals surface area contributed by atoms with Crippen LogP contribution in [0.15, 0.2) is 12.1 Å². The lowest BCUT2D eigenvalue weighted by Crippen LogP contribution is -2.33. The second kappa shape index (κ2) is 8.87. The number of nitrogens with zero attached hydrogens (tertiary/aromatic N) is 1. The molecule has 7 heteroatoms. The van der Waals surface area contributed by atoms with Gasteiger partial charge in [0.2, 0.25) is 5.75 Å². The Bertz CT molecular complexity index is 532. The summed E-state index contributed by atoms with van der Waals surface area (Å²) in [6.07, 6.45) is 0.139. The van der Waals surface area contributed by atoms with Crippen molar-refractivity contribution in [2.24, 2.45) is 0 Å². The summed E-state index contributed by atoms with van der Waals surface area (Å²) in [5.74, 6) is 0.638. The summed E-state index contributed by atoms with van der Waals surface area (Å²) in [6, 6.07) is 3.18. The average molecular weight is 325 g/mol. The maximum Gasteiger partial charge on any atom is 0.307 e. The lowest BCUT2D eigenvalue weighted by atomic mass is 10.1. The van der Waals surface area contributed by atoms with Gasteiger partial charge in [0.05, 0.1) is 34.9 Å². The summed E-state index contributed by atoms with van der Waals surface area (Å²) in [7, 11) is 5.79. The number of methoxy groups -OCH3 is 4. The SMILES string of the molecule is CCN(CCC(=O)OC)C(=O)c1cc(OC)c(OC)c(OC)c1. The molecule has 7 nitrogen and oxygen atoms in total. The first kappa shape index (κ1) is 18.6. The molecule has 1 aromatic carbocycles. The number of benzene rings is 1. The van der Waals surface area contributed by atoms with Crippen molar-refractivity contribution in [3.05, 3.63) is 17.7 Å². The van der Waals surface area contributed by atoms with Crippen LogP contribution in [0.1, 0.15) is 23.7 Å². The van der Waals surface area contributed by atoms with E-state index in [0.717, 1.165) is 0 Å². The predicted octanol–water partition coefficient (Wildman–Crippen LogP) is 1.74. The highest BCUT2D eigenvalue weighted by Gasteiger charge is 2.21. The highest BCUT2D eigenvalue weighted by atomic mass is 16.5. The van der Waals surface area contributed by atoms with Crippen molar-refractivity contribution in [1.29, 1.82) is 0 Å². The molecule has 0 aliphatic rings. The number of carbonyl (C=O) groups is 2. The number of amides is 1. The Morgan fingerprint density at radius 1 is 1.00 bits per heavy atom. The van der Waals surface area contributed by atoms with Gasteiger partial charge in [0.25, 0.3) is 5.91 Å². The molecule has 0 aromatic heterocycles. The molecule has 0 aliphatic carbocycles. The third kappa shape index (κ3) is 4.51. The first-order valence-corrected chi connectivity index (χ1v) is 7.18. The van der Waals surface area contributed by atoms with Gasteiger partial charge in [0.1, 0.15) is 0 Å². The van der Waals surface area contributed by atoms with Crippen LogP contribution in [0.25, 0.3) is 0 Å². The Balaban J connectivity index is 3.07. The van der Waals surface area contributed by atoms with Gasteiger partial charge in [0.15, 0.2) is 11.5 Å². The van der Waals surface area contributed by atoms with Gasteiger partial charge < -0.3 is 23.8 Å². The molecule has 0 heterocycles. The average Bonchev–Trinajstić information content (AvgIpc) is 2.60. The molecular formula is C16H23NO6. The van der Waals surface area contributed by atoms with Crippen molar-refractivity contribution in [1.82, 2.24) is 4.90 Å². The van der Waals surface area contributed by atoms with Crippen LogP contribution in [0.5, 0.6) is 17.2 Å². The minimum Gasteiger partial charge on any atom is -0.493 e. The molecule has 0 saturated carbocycles. The van der Waals surface area contributed by atoms with E-state index in [1.807, 2.05) is 6.92 Å². The number of rotatable bonds is 8. The molecule has 0 aliphatic heterocycles. The van der Waals surface area contributed by atoms with E-state index >= 15 is 0 Å². The van der Waals surface area contributed by atoms with Gasteiger partial charge in [0, 0.05) is 18.7 Å². The molecular weight excluding hydrogens is 302 g/mol. The van der Waals surface area contributed by atoms with E-state index in [1.54, 1.807) is 17.0 Å². The van der Waals surface area contributed by atoms with Crippen molar-refractivity contribution in [3.8, 4) is 17.2 Å². The van der Waals surface area contributed by atoms with Gasteiger partial charge in [-0.15, -0.1) is 0 Å². The lowest BCUT2D eigenvalue weighted by molar-refractivity contribution is -0.140. The number of ether oxygens (including phenoxy) is 4. The summed E-state index contributed by atoms with van der Waals surface area (Å²) in [6.45, 7) is 2.58.